The third-order valence-electron chi connectivity index (χ3n) is 4.28. The largest absolute Gasteiger partial charge is 0.337 e. The van der Waals surface area contributed by atoms with Crippen molar-refractivity contribution in [3.05, 3.63) is 23.9 Å². The quantitative estimate of drug-likeness (QED) is 0.937. The van der Waals surface area contributed by atoms with Crippen LogP contribution in [-0.2, 0) is 0 Å². The molecule has 0 saturated carbocycles. The van der Waals surface area contributed by atoms with Crippen molar-refractivity contribution in [1.82, 2.24) is 19.9 Å². The fourth-order valence-corrected chi connectivity index (χ4v) is 3.03. The van der Waals surface area contributed by atoms with Crippen LogP contribution in [0.15, 0.2) is 18.3 Å². The number of hydrogen-bond donors (Lipinski definition) is 1. The minimum atomic E-state index is 0.407. The summed E-state index contributed by atoms with van der Waals surface area (Å²) in [7, 11) is 0. The number of fused-ring (bicyclic) bond motifs is 1. The highest BCUT2D eigenvalue weighted by Crippen LogP contribution is 2.20. The highest BCUT2D eigenvalue weighted by molar-refractivity contribution is 5.50. The molecule has 2 aromatic rings. The van der Waals surface area contributed by atoms with Gasteiger partial charge < -0.3 is 10.2 Å². The van der Waals surface area contributed by atoms with Crippen molar-refractivity contribution < 1.29 is 0 Å². The van der Waals surface area contributed by atoms with E-state index >= 15 is 0 Å². The molecule has 1 aliphatic rings. The Morgan fingerprint density at radius 2 is 2.33 bits per heavy atom. The second kappa shape index (κ2) is 6.02. The van der Waals surface area contributed by atoms with Gasteiger partial charge in [-0.15, -0.1) is 5.10 Å². The SMILES string of the molecule is Cc1cccn2nc(N(CC3CCCNC3)C(C)C)nc12. The molecule has 0 bridgehead atoms. The van der Waals surface area contributed by atoms with Crippen LogP contribution in [0.1, 0.15) is 32.3 Å². The second-order valence-electron chi connectivity index (χ2n) is 6.33. The van der Waals surface area contributed by atoms with Gasteiger partial charge in [0.15, 0.2) is 5.65 Å². The molecule has 0 amide bonds. The molecule has 5 nitrogen and oxygen atoms in total. The molecule has 21 heavy (non-hydrogen) atoms. The van der Waals surface area contributed by atoms with Crippen molar-refractivity contribution in [1.29, 1.82) is 0 Å². The summed E-state index contributed by atoms with van der Waals surface area (Å²) in [6, 6.07) is 4.51. The third-order valence-corrected chi connectivity index (χ3v) is 4.28. The molecule has 114 valence electrons. The minimum Gasteiger partial charge on any atom is -0.337 e. The zero-order valence-electron chi connectivity index (χ0n) is 13.2. The van der Waals surface area contributed by atoms with E-state index in [1.807, 2.05) is 16.8 Å². The molecule has 0 spiro atoms. The van der Waals surface area contributed by atoms with Crippen molar-refractivity contribution >= 4 is 11.6 Å². The van der Waals surface area contributed by atoms with Crippen LogP contribution in [0.2, 0.25) is 0 Å². The summed E-state index contributed by atoms with van der Waals surface area (Å²) in [4.78, 5) is 7.09. The van der Waals surface area contributed by atoms with E-state index in [1.165, 1.54) is 18.4 Å². The molecule has 0 aliphatic carbocycles. The van der Waals surface area contributed by atoms with Crippen molar-refractivity contribution in [2.75, 3.05) is 24.5 Å². The number of aromatic nitrogens is 3. The van der Waals surface area contributed by atoms with Crippen molar-refractivity contribution in [3.8, 4) is 0 Å². The van der Waals surface area contributed by atoms with Gasteiger partial charge in [-0.1, -0.05) is 6.07 Å². The van der Waals surface area contributed by atoms with Crippen LogP contribution >= 0.6 is 0 Å². The summed E-state index contributed by atoms with van der Waals surface area (Å²) < 4.78 is 1.89. The molecule has 5 heteroatoms. The van der Waals surface area contributed by atoms with E-state index in [-0.39, 0.29) is 0 Å². The first kappa shape index (κ1) is 14.3. The average molecular weight is 287 g/mol. The van der Waals surface area contributed by atoms with Gasteiger partial charge in [-0.05, 0) is 64.3 Å². The number of anilines is 1. The number of aryl methyl sites for hydroxylation is 1. The number of nitrogens with one attached hydrogen (secondary N) is 1. The second-order valence-corrected chi connectivity index (χ2v) is 6.33. The Morgan fingerprint density at radius 3 is 3.00 bits per heavy atom. The van der Waals surface area contributed by atoms with E-state index in [9.17, 15) is 0 Å². The fourth-order valence-electron chi connectivity index (χ4n) is 3.03. The Hall–Kier alpha value is -1.62. The van der Waals surface area contributed by atoms with E-state index in [0.29, 0.717) is 12.0 Å². The molecule has 1 atom stereocenters. The smallest absolute Gasteiger partial charge is 0.245 e. The van der Waals surface area contributed by atoms with E-state index in [2.05, 4.69) is 42.2 Å². The lowest BCUT2D eigenvalue weighted by Crippen LogP contribution is -2.41. The molecular weight excluding hydrogens is 262 g/mol. The first-order valence-electron chi connectivity index (χ1n) is 7.94. The molecule has 1 fully saturated rings. The van der Waals surface area contributed by atoms with Crippen molar-refractivity contribution in [2.24, 2.45) is 5.92 Å². The van der Waals surface area contributed by atoms with Gasteiger partial charge in [-0.25, -0.2) is 4.52 Å². The molecule has 3 heterocycles. The average Bonchev–Trinajstić information content (AvgIpc) is 2.91. The van der Waals surface area contributed by atoms with Gasteiger partial charge in [0.05, 0.1) is 0 Å². The van der Waals surface area contributed by atoms with Gasteiger partial charge in [0.25, 0.3) is 0 Å². The lowest BCUT2D eigenvalue weighted by atomic mass is 9.99. The van der Waals surface area contributed by atoms with Gasteiger partial charge in [-0.3, -0.25) is 0 Å². The minimum absolute atomic E-state index is 0.407. The van der Waals surface area contributed by atoms with E-state index in [1.54, 1.807) is 0 Å². The topological polar surface area (TPSA) is 45.5 Å². The summed E-state index contributed by atoms with van der Waals surface area (Å²) >= 11 is 0. The van der Waals surface area contributed by atoms with Gasteiger partial charge >= 0.3 is 0 Å². The summed E-state index contributed by atoms with van der Waals surface area (Å²) in [6.45, 7) is 9.81. The van der Waals surface area contributed by atoms with Crippen molar-refractivity contribution in [3.63, 3.8) is 0 Å². The standard InChI is InChI=1S/C16H25N5/c1-12(2)20(11-14-7-4-8-17-10-14)16-18-15-13(3)6-5-9-21(15)19-16/h5-6,9,12,14,17H,4,7-8,10-11H2,1-3H3. The molecular formula is C16H25N5. The normalized spacial score (nSPS) is 19.3. The molecule has 1 saturated heterocycles. The summed E-state index contributed by atoms with van der Waals surface area (Å²) in [6.07, 6.45) is 4.54. The number of hydrogen-bond acceptors (Lipinski definition) is 4. The van der Waals surface area contributed by atoms with Crippen LogP contribution in [0.3, 0.4) is 0 Å². The van der Waals surface area contributed by atoms with Gasteiger partial charge in [0.1, 0.15) is 0 Å². The maximum Gasteiger partial charge on any atom is 0.245 e. The molecule has 1 N–H and O–H groups in total. The number of nitrogens with zero attached hydrogens (tertiary/aromatic N) is 4. The maximum atomic E-state index is 4.76. The van der Waals surface area contributed by atoms with E-state index < -0.39 is 0 Å². The lowest BCUT2D eigenvalue weighted by Gasteiger charge is -2.32. The number of pyridine rings is 1. The summed E-state index contributed by atoms with van der Waals surface area (Å²) in [5, 5.41) is 8.17. The Morgan fingerprint density at radius 1 is 1.48 bits per heavy atom. The Kier molecular flexibility index (Phi) is 4.10. The molecule has 2 aromatic heterocycles. The summed E-state index contributed by atoms with van der Waals surface area (Å²) in [5.41, 5.74) is 2.12. The van der Waals surface area contributed by atoms with Crippen LogP contribution in [0.4, 0.5) is 5.95 Å². The number of rotatable bonds is 4. The Labute approximate surface area is 126 Å². The highest BCUT2D eigenvalue weighted by atomic mass is 15.4. The highest BCUT2D eigenvalue weighted by Gasteiger charge is 2.22. The monoisotopic (exact) mass is 287 g/mol. The molecule has 0 radical (unpaired) electrons. The van der Waals surface area contributed by atoms with Gasteiger partial charge in [-0.2, -0.15) is 4.98 Å². The molecule has 1 aliphatic heterocycles. The first-order valence-corrected chi connectivity index (χ1v) is 7.94. The summed E-state index contributed by atoms with van der Waals surface area (Å²) in [5.74, 6) is 1.54. The van der Waals surface area contributed by atoms with E-state index in [4.69, 9.17) is 4.98 Å². The van der Waals surface area contributed by atoms with Gasteiger partial charge in [0, 0.05) is 18.8 Å². The molecule has 0 aromatic carbocycles. The van der Waals surface area contributed by atoms with Crippen LogP contribution in [-0.4, -0.2) is 40.3 Å². The third kappa shape index (κ3) is 3.02. The predicted octanol–water partition coefficient (Wildman–Crippen LogP) is 2.25. The lowest BCUT2D eigenvalue weighted by molar-refractivity contribution is 0.369. The molecule has 3 rings (SSSR count). The number of piperidine rings is 1. The molecule has 1 unspecified atom stereocenters. The Balaban J connectivity index is 1.86. The first-order chi connectivity index (χ1) is 10.1. The van der Waals surface area contributed by atoms with Crippen molar-refractivity contribution in [2.45, 2.75) is 39.7 Å². The van der Waals surface area contributed by atoms with Crippen LogP contribution in [0.25, 0.3) is 5.65 Å². The fraction of sp³-hybridized carbons (Fsp3) is 0.625. The zero-order valence-corrected chi connectivity index (χ0v) is 13.2. The zero-order chi connectivity index (χ0) is 14.8. The maximum absolute atomic E-state index is 4.76. The van der Waals surface area contributed by atoms with Gasteiger partial charge in [0.2, 0.25) is 5.95 Å². The van der Waals surface area contributed by atoms with E-state index in [0.717, 1.165) is 31.2 Å². The van der Waals surface area contributed by atoms with Crippen LogP contribution in [0.5, 0.6) is 0 Å². The van der Waals surface area contributed by atoms with Crippen LogP contribution < -0.4 is 10.2 Å². The Bertz CT molecular complexity index is 598. The van der Waals surface area contributed by atoms with Crippen LogP contribution in [0, 0.1) is 12.8 Å². The predicted molar refractivity (Wildman–Crippen MR) is 85.8 cm³/mol.